The minimum atomic E-state index is -0.280. The number of aromatic amines is 1. The van der Waals surface area contributed by atoms with Gasteiger partial charge < -0.3 is 9.72 Å². The molecule has 0 saturated carbocycles. The Morgan fingerprint density at radius 1 is 1.09 bits per heavy atom. The smallest absolute Gasteiger partial charge is 0.256 e. The van der Waals surface area contributed by atoms with E-state index in [0.29, 0.717) is 17.6 Å². The Hall–Kier alpha value is -2.62. The largest absolute Gasteiger partial charge is 0.497 e. The Morgan fingerprint density at radius 3 is 2.45 bits per heavy atom. The first-order chi connectivity index (χ1) is 10.6. The van der Waals surface area contributed by atoms with Crippen LogP contribution in [0.25, 0.3) is 21.9 Å². The summed E-state index contributed by atoms with van der Waals surface area (Å²) in [5.74, 6) is 0.351. The third kappa shape index (κ3) is 2.37. The molecule has 0 bridgehead atoms. The quantitative estimate of drug-likeness (QED) is 0.796. The summed E-state index contributed by atoms with van der Waals surface area (Å²) in [4.78, 5) is 15.2. The van der Waals surface area contributed by atoms with E-state index < -0.39 is 0 Å². The number of nitrogens with one attached hydrogen (secondary N) is 1. The normalized spacial score (nSPS) is 10.9. The molecular formula is C18H16FNO2. The van der Waals surface area contributed by atoms with Gasteiger partial charge in [0.05, 0.1) is 12.5 Å². The van der Waals surface area contributed by atoms with Gasteiger partial charge in [0.15, 0.2) is 0 Å². The molecule has 4 heteroatoms. The molecule has 0 aliphatic carbocycles. The van der Waals surface area contributed by atoms with Gasteiger partial charge >= 0.3 is 0 Å². The molecule has 0 radical (unpaired) electrons. The highest BCUT2D eigenvalue weighted by Crippen LogP contribution is 2.31. The Kier molecular flexibility index (Phi) is 3.67. The van der Waals surface area contributed by atoms with Crippen LogP contribution in [-0.4, -0.2) is 12.1 Å². The zero-order valence-corrected chi connectivity index (χ0v) is 12.4. The maximum absolute atomic E-state index is 13.2. The second-order valence-electron chi connectivity index (χ2n) is 5.08. The minimum absolute atomic E-state index is 0.142. The molecule has 0 aliphatic heterocycles. The zero-order valence-electron chi connectivity index (χ0n) is 12.4. The number of benzene rings is 2. The third-order valence-corrected chi connectivity index (χ3v) is 3.79. The first kappa shape index (κ1) is 14.3. The van der Waals surface area contributed by atoms with Crippen molar-refractivity contribution in [3.05, 3.63) is 64.3 Å². The Morgan fingerprint density at radius 2 is 1.82 bits per heavy atom. The van der Waals surface area contributed by atoms with Crippen molar-refractivity contribution in [2.45, 2.75) is 13.3 Å². The van der Waals surface area contributed by atoms with E-state index in [2.05, 4.69) is 4.98 Å². The zero-order chi connectivity index (χ0) is 15.7. The number of H-pyrrole nitrogens is 1. The first-order valence-corrected chi connectivity index (χ1v) is 7.13. The topological polar surface area (TPSA) is 42.1 Å². The molecule has 112 valence electrons. The van der Waals surface area contributed by atoms with Crippen LogP contribution in [0.1, 0.15) is 12.6 Å². The van der Waals surface area contributed by atoms with Gasteiger partial charge in [-0.05, 0) is 47.7 Å². The van der Waals surface area contributed by atoms with Crippen LogP contribution in [0.5, 0.6) is 5.75 Å². The molecule has 22 heavy (non-hydrogen) atoms. The van der Waals surface area contributed by atoms with Crippen LogP contribution in [0, 0.1) is 5.82 Å². The summed E-state index contributed by atoms with van der Waals surface area (Å²) >= 11 is 0. The maximum atomic E-state index is 13.2. The second-order valence-corrected chi connectivity index (χ2v) is 5.08. The molecule has 0 spiro atoms. The molecule has 3 nitrogen and oxygen atoms in total. The Labute approximate surface area is 127 Å². The number of aryl methyl sites for hydroxylation is 1. The summed E-state index contributed by atoms with van der Waals surface area (Å²) in [5.41, 5.74) is 2.51. The molecule has 2 aromatic carbocycles. The van der Waals surface area contributed by atoms with Crippen LogP contribution in [-0.2, 0) is 6.42 Å². The van der Waals surface area contributed by atoms with Crippen molar-refractivity contribution >= 4 is 10.8 Å². The molecule has 1 aromatic heterocycles. The predicted octanol–water partition coefficient (Wildman–Crippen LogP) is 3.91. The lowest BCUT2D eigenvalue weighted by atomic mass is 9.96. The standard InChI is InChI=1S/C18H16FNO2/c1-3-16-17(11-4-6-12(19)7-5-11)14-9-8-13(22-2)10-15(14)18(21)20-16/h4-10H,3H2,1-2H3,(H,20,21). The van der Waals surface area contributed by atoms with Crippen molar-refractivity contribution in [1.82, 2.24) is 4.98 Å². The van der Waals surface area contributed by atoms with Crippen LogP contribution in [0.15, 0.2) is 47.3 Å². The Bertz CT molecular complexity index is 882. The van der Waals surface area contributed by atoms with E-state index in [1.165, 1.54) is 12.1 Å². The van der Waals surface area contributed by atoms with Crippen LogP contribution >= 0.6 is 0 Å². The SMILES string of the molecule is CCc1[nH]c(=O)c2cc(OC)ccc2c1-c1ccc(F)cc1. The number of fused-ring (bicyclic) bond motifs is 1. The van der Waals surface area contributed by atoms with E-state index in [1.54, 1.807) is 25.3 Å². The number of rotatable bonds is 3. The molecule has 0 aliphatic rings. The maximum Gasteiger partial charge on any atom is 0.256 e. The molecule has 1 heterocycles. The fourth-order valence-corrected chi connectivity index (χ4v) is 2.70. The molecule has 0 atom stereocenters. The highest BCUT2D eigenvalue weighted by molar-refractivity contribution is 5.97. The average molecular weight is 297 g/mol. The van der Waals surface area contributed by atoms with Gasteiger partial charge in [-0.1, -0.05) is 19.1 Å². The van der Waals surface area contributed by atoms with E-state index in [-0.39, 0.29) is 11.4 Å². The molecule has 3 rings (SSSR count). The monoisotopic (exact) mass is 297 g/mol. The molecule has 0 amide bonds. The van der Waals surface area contributed by atoms with Crippen LogP contribution < -0.4 is 10.3 Å². The fourth-order valence-electron chi connectivity index (χ4n) is 2.70. The average Bonchev–Trinajstić information content (AvgIpc) is 2.55. The number of methoxy groups -OCH3 is 1. The summed E-state index contributed by atoms with van der Waals surface area (Å²) < 4.78 is 18.4. The van der Waals surface area contributed by atoms with Gasteiger partial charge in [-0.25, -0.2) is 4.39 Å². The second kappa shape index (κ2) is 5.64. The predicted molar refractivity (Wildman–Crippen MR) is 85.9 cm³/mol. The molecule has 3 aromatic rings. The summed E-state index contributed by atoms with van der Waals surface area (Å²) in [5, 5.41) is 1.41. The van der Waals surface area contributed by atoms with Crippen LogP contribution in [0.2, 0.25) is 0 Å². The lowest BCUT2D eigenvalue weighted by Crippen LogP contribution is -2.11. The van der Waals surface area contributed by atoms with Gasteiger partial charge in [-0.15, -0.1) is 0 Å². The van der Waals surface area contributed by atoms with E-state index in [9.17, 15) is 9.18 Å². The molecule has 0 saturated heterocycles. The van der Waals surface area contributed by atoms with E-state index in [4.69, 9.17) is 4.74 Å². The minimum Gasteiger partial charge on any atom is -0.497 e. The highest BCUT2D eigenvalue weighted by atomic mass is 19.1. The molecule has 0 unspecified atom stereocenters. The van der Waals surface area contributed by atoms with Crippen molar-refractivity contribution in [3.8, 4) is 16.9 Å². The van der Waals surface area contributed by atoms with Crippen molar-refractivity contribution in [1.29, 1.82) is 0 Å². The number of pyridine rings is 1. The van der Waals surface area contributed by atoms with E-state index in [0.717, 1.165) is 22.2 Å². The van der Waals surface area contributed by atoms with Gasteiger partial charge in [0.2, 0.25) is 0 Å². The van der Waals surface area contributed by atoms with Gasteiger partial charge in [-0.3, -0.25) is 4.79 Å². The fraction of sp³-hybridized carbons (Fsp3) is 0.167. The van der Waals surface area contributed by atoms with Gasteiger partial charge in [-0.2, -0.15) is 0 Å². The highest BCUT2D eigenvalue weighted by Gasteiger charge is 2.13. The summed E-state index contributed by atoms with van der Waals surface area (Å²) in [6.45, 7) is 1.98. The summed E-state index contributed by atoms with van der Waals surface area (Å²) in [6, 6.07) is 11.7. The lowest BCUT2D eigenvalue weighted by molar-refractivity contribution is 0.415. The van der Waals surface area contributed by atoms with Crippen LogP contribution in [0.4, 0.5) is 4.39 Å². The number of hydrogen-bond donors (Lipinski definition) is 1. The molecular weight excluding hydrogens is 281 g/mol. The van der Waals surface area contributed by atoms with E-state index in [1.807, 2.05) is 19.1 Å². The lowest BCUT2D eigenvalue weighted by Gasteiger charge is -2.13. The Balaban J connectivity index is 2.38. The van der Waals surface area contributed by atoms with Gasteiger partial charge in [0, 0.05) is 11.3 Å². The van der Waals surface area contributed by atoms with Crippen molar-refractivity contribution in [2.75, 3.05) is 7.11 Å². The van der Waals surface area contributed by atoms with Crippen molar-refractivity contribution in [3.63, 3.8) is 0 Å². The third-order valence-electron chi connectivity index (χ3n) is 3.79. The van der Waals surface area contributed by atoms with Gasteiger partial charge in [0.1, 0.15) is 11.6 Å². The van der Waals surface area contributed by atoms with E-state index >= 15 is 0 Å². The first-order valence-electron chi connectivity index (χ1n) is 7.13. The summed E-state index contributed by atoms with van der Waals surface area (Å²) in [7, 11) is 1.57. The molecule has 0 fully saturated rings. The van der Waals surface area contributed by atoms with Crippen molar-refractivity contribution in [2.24, 2.45) is 0 Å². The molecule has 1 N–H and O–H groups in total. The van der Waals surface area contributed by atoms with Crippen molar-refractivity contribution < 1.29 is 9.13 Å². The number of hydrogen-bond acceptors (Lipinski definition) is 2. The number of halogens is 1. The number of aromatic nitrogens is 1. The number of ether oxygens (including phenoxy) is 1. The van der Waals surface area contributed by atoms with Gasteiger partial charge in [0.25, 0.3) is 5.56 Å². The summed E-state index contributed by atoms with van der Waals surface area (Å²) in [6.07, 6.45) is 0.684. The van der Waals surface area contributed by atoms with Crippen LogP contribution in [0.3, 0.4) is 0 Å².